The number of aryl methyl sites for hydroxylation is 3. The molecule has 4 rings (SSSR count). The summed E-state index contributed by atoms with van der Waals surface area (Å²) in [6.07, 6.45) is 0. The molecule has 1 aliphatic heterocycles. The van der Waals surface area contributed by atoms with Crippen LogP contribution >= 0.6 is 0 Å². The maximum atomic E-state index is 12.7. The average molecular weight is 422 g/mol. The molecule has 0 atom stereocenters. The molecule has 1 aliphatic rings. The van der Waals surface area contributed by atoms with Gasteiger partial charge in [-0.15, -0.1) is 0 Å². The Morgan fingerprint density at radius 1 is 1.00 bits per heavy atom. The molecular formula is C22H27N7O2. The van der Waals surface area contributed by atoms with Gasteiger partial charge >= 0.3 is 0 Å². The Morgan fingerprint density at radius 3 is 2.35 bits per heavy atom. The number of para-hydroxylation sites is 2. The first kappa shape index (κ1) is 20.8. The van der Waals surface area contributed by atoms with Gasteiger partial charge in [0.2, 0.25) is 5.91 Å². The van der Waals surface area contributed by atoms with Crippen LogP contribution < -0.4 is 10.2 Å². The van der Waals surface area contributed by atoms with E-state index in [1.807, 2.05) is 51.1 Å². The van der Waals surface area contributed by atoms with Gasteiger partial charge in [-0.25, -0.2) is 9.97 Å². The Bertz CT molecular complexity index is 1070. The number of carbonyl (C=O) groups is 1. The Balaban J connectivity index is 1.38. The van der Waals surface area contributed by atoms with Crippen LogP contribution in [0.1, 0.15) is 17.1 Å². The minimum atomic E-state index is -0.110. The Kier molecular flexibility index (Phi) is 5.85. The third-order valence-electron chi connectivity index (χ3n) is 5.22. The molecule has 1 aromatic carbocycles. The molecule has 162 valence electrons. The van der Waals surface area contributed by atoms with Crippen molar-refractivity contribution >= 4 is 17.4 Å². The number of phenols is 1. The van der Waals surface area contributed by atoms with E-state index in [0.29, 0.717) is 11.8 Å². The summed E-state index contributed by atoms with van der Waals surface area (Å²) in [6.45, 7) is 8.93. The number of hydrogen-bond donors (Lipinski definition) is 2. The van der Waals surface area contributed by atoms with Crippen LogP contribution in [0.15, 0.2) is 36.4 Å². The Morgan fingerprint density at radius 2 is 1.68 bits per heavy atom. The van der Waals surface area contributed by atoms with Crippen LogP contribution in [0.25, 0.3) is 5.95 Å². The van der Waals surface area contributed by atoms with Crippen molar-refractivity contribution in [1.82, 2.24) is 24.6 Å². The number of nitrogens with zero attached hydrogens (tertiary/aromatic N) is 6. The van der Waals surface area contributed by atoms with Gasteiger partial charge in [0, 0.05) is 43.6 Å². The van der Waals surface area contributed by atoms with Crippen LogP contribution in [0, 0.1) is 20.8 Å². The zero-order valence-corrected chi connectivity index (χ0v) is 18.0. The van der Waals surface area contributed by atoms with E-state index in [0.717, 1.165) is 48.9 Å². The summed E-state index contributed by atoms with van der Waals surface area (Å²) in [7, 11) is 0. The molecular weight excluding hydrogens is 394 g/mol. The molecule has 1 saturated heterocycles. The minimum absolute atomic E-state index is 0.110. The highest BCUT2D eigenvalue weighted by atomic mass is 16.3. The van der Waals surface area contributed by atoms with Gasteiger partial charge in [-0.3, -0.25) is 9.69 Å². The van der Waals surface area contributed by atoms with E-state index in [4.69, 9.17) is 0 Å². The lowest BCUT2D eigenvalue weighted by Crippen LogP contribution is -2.48. The van der Waals surface area contributed by atoms with Crippen LogP contribution in [0.3, 0.4) is 0 Å². The lowest BCUT2D eigenvalue weighted by Gasteiger charge is -2.35. The van der Waals surface area contributed by atoms with E-state index >= 15 is 0 Å². The molecule has 0 radical (unpaired) electrons. The van der Waals surface area contributed by atoms with Gasteiger partial charge in [0.1, 0.15) is 11.6 Å². The van der Waals surface area contributed by atoms with Crippen molar-refractivity contribution in [3.8, 4) is 11.7 Å². The molecule has 0 unspecified atom stereocenters. The molecule has 2 aromatic heterocycles. The van der Waals surface area contributed by atoms with Crippen LogP contribution in [-0.2, 0) is 4.79 Å². The van der Waals surface area contributed by atoms with Crippen molar-refractivity contribution < 1.29 is 9.90 Å². The molecule has 9 nitrogen and oxygen atoms in total. The fourth-order valence-electron chi connectivity index (χ4n) is 3.81. The molecule has 9 heteroatoms. The van der Waals surface area contributed by atoms with Crippen molar-refractivity contribution in [3.05, 3.63) is 53.5 Å². The number of benzene rings is 1. The number of aromatic hydroxyl groups is 1. The number of phenolic OH excluding ortho intramolecular Hbond substituents is 1. The number of carbonyl (C=O) groups excluding carboxylic acids is 1. The number of anilines is 2. The number of amides is 1. The number of rotatable bonds is 5. The zero-order valence-electron chi connectivity index (χ0n) is 18.0. The predicted octanol–water partition coefficient (Wildman–Crippen LogP) is 2.05. The zero-order chi connectivity index (χ0) is 22.0. The highest BCUT2D eigenvalue weighted by Gasteiger charge is 2.21. The van der Waals surface area contributed by atoms with E-state index in [-0.39, 0.29) is 18.2 Å². The van der Waals surface area contributed by atoms with E-state index in [9.17, 15) is 9.90 Å². The van der Waals surface area contributed by atoms with E-state index in [1.54, 1.807) is 10.7 Å². The quantitative estimate of drug-likeness (QED) is 0.650. The first-order valence-electron chi connectivity index (χ1n) is 10.3. The topological polar surface area (TPSA) is 99.4 Å². The standard InChI is InChI=1S/C22H27N7O2/c1-15-12-16(2)24-22(23-15)29-20(13-17(3)26-29)25-21(31)14-27-8-10-28(11-9-27)18-6-4-5-7-19(18)30/h4-7,12-13,30H,8-11,14H2,1-3H3,(H,25,31). The first-order valence-corrected chi connectivity index (χ1v) is 10.3. The lowest BCUT2D eigenvalue weighted by atomic mass is 10.2. The predicted molar refractivity (Wildman–Crippen MR) is 119 cm³/mol. The van der Waals surface area contributed by atoms with Gasteiger partial charge in [-0.1, -0.05) is 12.1 Å². The molecule has 2 N–H and O–H groups in total. The van der Waals surface area contributed by atoms with Gasteiger partial charge in [0.25, 0.3) is 5.95 Å². The summed E-state index contributed by atoms with van der Waals surface area (Å²) in [6, 6.07) is 11.0. The summed E-state index contributed by atoms with van der Waals surface area (Å²) in [5, 5.41) is 17.5. The summed E-state index contributed by atoms with van der Waals surface area (Å²) in [4.78, 5) is 25.9. The van der Waals surface area contributed by atoms with Crippen molar-refractivity contribution in [2.75, 3.05) is 42.9 Å². The third kappa shape index (κ3) is 4.83. The minimum Gasteiger partial charge on any atom is -0.506 e. The van der Waals surface area contributed by atoms with Crippen LogP contribution in [0.2, 0.25) is 0 Å². The van der Waals surface area contributed by atoms with Crippen LogP contribution in [0.4, 0.5) is 11.5 Å². The average Bonchev–Trinajstić information content (AvgIpc) is 3.08. The second-order valence-electron chi connectivity index (χ2n) is 7.83. The van der Waals surface area contributed by atoms with Crippen molar-refractivity contribution in [2.24, 2.45) is 0 Å². The summed E-state index contributed by atoms with van der Waals surface area (Å²) >= 11 is 0. The maximum Gasteiger partial charge on any atom is 0.252 e. The van der Waals surface area contributed by atoms with Crippen LogP contribution in [-0.4, -0.2) is 68.4 Å². The monoisotopic (exact) mass is 421 g/mol. The summed E-state index contributed by atoms with van der Waals surface area (Å²) in [5.41, 5.74) is 3.29. The highest BCUT2D eigenvalue weighted by Crippen LogP contribution is 2.27. The fraction of sp³-hybridized carbons (Fsp3) is 0.364. The molecule has 31 heavy (non-hydrogen) atoms. The maximum absolute atomic E-state index is 12.7. The fourth-order valence-corrected chi connectivity index (χ4v) is 3.81. The Hall–Kier alpha value is -3.46. The molecule has 0 spiro atoms. The summed E-state index contributed by atoms with van der Waals surface area (Å²) in [5.74, 6) is 1.17. The van der Waals surface area contributed by atoms with Crippen LogP contribution in [0.5, 0.6) is 5.75 Å². The highest BCUT2D eigenvalue weighted by molar-refractivity contribution is 5.91. The van der Waals surface area contributed by atoms with Gasteiger partial charge in [0.05, 0.1) is 17.9 Å². The van der Waals surface area contributed by atoms with E-state index in [2.05, 4.69) is 30.2 Å². The van der Waals surface area contributed by atoms with Gasteiger partial charge in [0.15, 0.2) is 0 Å². The van der Waals surface area contributed by atoms with E-state index in [1.165, 1.54) is 0 Å². The van der Waals surface area contributed by atoms with Crippen molar-refractivity contribution in [3.63, 3.8) is 0 Å². The molecule has 0 saturated carbocycles. The normalized spacial score (nSPS) is 14.6. The smallest absolute Gasteiger partial charge is 0.252 e. The lowest BCUT2D eigenvalue weighted by molar-refractivity contribution is -0.117. The molecule has 1 fully saturated rings. The third-order valence-corrected chi connectivity index (χ3v) is 5.22. The number of hydrogen-bond acceptors (Lipinski definition) is 7. The largest absolute Gasteiger partial charge is 0.506 e. The Labute approximate surface area is 181 Å². The molecule has 0 bridgehead atoms. The first-order chi connectivity index (χ1) is 14.9. The van der Waals surface area contributed by atoms with Gasteiger partial charge in [-0.2, -0.15) is 9.78 Å². The van der Waals surface area contributed by atoms with E-state index < -0.39 is 0 Å². The molecule has 3 aromatic rings. The van der Waals surface area contributed by atoms with Crippen molar-refractivity contribution in [1.29, 1.82) is 0 Å². The second kappa shape index (κ2) is 8.73. The molecule has 0 aliphatic carbocycles. The van der Waals surface area contributed by atoms with Gasteiger partial charge < -0.3 is 15.3 Å². The number of nitrogens with one attached hydrogen (secondary N) is 1. The molecule has 1 amide bonds. The number of aromatic nitrogens is 4. The SMILES string of the molecule is Cc1cc(C)nc(-n2nc(C)cc2NC(=O)CN2CCN(c3ccccc3O)CC2)n1. The number of piperazine rings is 1. The second-order valence-corrected chi connectivity index (χ2v) is 7.83. The summed E-state index contributed by atoms with van der Waals surface area (Å²) < 4.78 is 1.57. The van der Waals surface area contributed by atoms with Crippen molar-refractivity contribution in [2.45, 2.75) is 20.8 Å². The van der Waals surface area contributed by atoms with Gasteiger partial charge in [-0.05, 0) is 39.0 Å². The molecule has 3 heterocycles.